The molecule has 1 amide bonds. The van der Waals surface area contributed by atoms with Gasteiger partial charge in [0.2, 0.25) is 15.9 Å². The summed E-state index contributed by atoms with van der Waals surface area (Å²) >= 11 is 0. The molecule has 0 unspecified atom stereocenters. The molecule has 0 spiro atoms. The molecule has 6 heteroatoms. The van der Waals surface area contributed by atoms with Crippen molar-refractivity contribution in [3.63, 3.8) is 0 Å². The number of hydrogen-bond donors (Lipinski definition) is 1. The lowest BCUT2D eigenvalue weighted by Crippen LogP contribution is -2.46. The first-order chi connectivity index (χ1) is 9.63. The molecule has 0 fully saturated rings. The highest BCUT2D eigenvalue weighted by molar-refractivity contribution is 7.89. The summed E-state index contributed by atoms with van der Waals surface area (Å²) in [6, 6.07) is 5.82. The van der Waals surface area contributed by atoms with Gasteiger partial charge < -0.3 is 4.90 Å². The van der Waals surface area contributed by atoms with Crippen LogP contribution < -0.4 is 4.72 Å². The summed E-state index contributed by atoms with van der Waals surface area (Å²) in [5.41, 5.74) is 0.983. The lowest BCUT2D eigenvalue weighted by molar-refractivity contribution is -0.130. The molecule has 0 saturated heterocycles. The molecular formula is C15H24N2O3S. The minimum absolute atomic E-state index is 0.174. The second-order valence-electron chi connectivity index (χ2n) is 5.85. The predicted octanol–water partition coefficient (Wildman–Crippen LogP) is 1.78. The molecule has 1 aromatic rings. The van der Waals surface area contributed by atoms with E-state index in [1.54, 1.807) is 38.4 Å². The Morgan fingerprint density at radius 1 is 1.19 bits per heavy atom. The van der Waals surface area contributed by atoms with Crippen LogP contribution in [0.15, 0.2) is 29.2 Å². The van der Waals surface area contributed by atoms with Gasteiger partial charge in [0.25, 0.3) is 0 Å². The summed E-state index contributed by atoms with van der Waals surface area (Å²) in [4.78, 5) is 13.7. The van der Waals surface area contributed by atoms with Crippen molar-refractivity contribution in [2.45, 2.75) is 38.1 Å². The Labute approximate surface area is 127 Å². The standard InChI is InChI=1S/C15H24N2O3S/c1-11(2)10-14(15(18)17(4)5)16-21(19,20)13-8-6-12(3)7-9-13/h6-9,11,14,16H,10H2,1-5H3/t14-/m0/s1. The third kappa shape index (κ3) is 5.13. The van der Waals surface area contributed by atoms with Crippen LogP contribution in [0.1, 0.15) is 25.8 Å². The number of carbonyl (C=O) groups excluding carboxylic acids is 1. The molecule has 0 aliphatic carbocycles. The van der Waals surface area contributed by atoms with Crippen LogP contribution in [0.3, 0.4) is 0 Å². The fourth-order valence-electron chi connectivity index (χ4n) is 1.96. The van der Waals surface area contributed by atoms with Crippen LogP contribution in [-0.4, -0.2) is 39.4 Å². The summed E-state index contributed by atoms with van der Waals surface area (Å²) in [6.07, 6.45) is 0.460. The minimum Gasteiger partial charge on any atom is -0.347 e. The maximum atomic E-state index is 12.4. The summed E-state index contributed by atoms with van der Waals surface area (Å²) in [6.45, 7) is 5.80. The van der Waals surface area contributed by atoms with Crippen molar-refractivity contribution in [3.05, 3.63) is 29.8 Å². The zero-order chi connectivity index (χ0) is 16.2. The van der Waals surface area contributed by atoms with Gasteiger partial charge >= 0.3 is 0 Å². The zero-order valence-corrected chi connectivity index (χ0v) is 14.1. The van der Waals surface area contributed by atoms with E-state index in [1.165, 1.54) is 4.90 Å². The van der Waals surface area contributed by atoms with Crippen molar-refractivity contribution in [1.29, 1.82) is 0 Å². The van der Waals surface area contributed by atoms with E-state index in [-0.39, 0.29) is 16.7 Å². The van der Waals surface area contributed by atoms with Gasteiger partial charge in [0.15, 0.2) is 0 Å². The van der Waals surface area contributed by atoms with E-state index in [4.69, 9.17) is 0 Å². The Kier molecular flexibility index (Phi) is 5.92. The molecule has 0 radical (unpaired) electrons. The molecule has 0 bridgehead atoms. The fourth-order valence-corrected chi connectivity index (χ4v) is 3.16. The number of hydrogen-bond acceptors (Lipinski definition) is 3. The van der Waals surface area contributed by atoms with Crippen molar-refractivity contribution >= 4 is 15.9 Å². The quantitative estimate of drug-likeness (QED) is 0.870. The average molecular weight is 312 g/mol. The molecule has 1 rings (SSSR count). The Morgan fingerprint density at radius 3 is 2.14 bits per heavy atom. The van der Waals surface area contributed by atoms with E-state index in [0.29, 0.717) is 6.42 Å². The van der Waals surface area contributed by atoms with E-state index in [2.05, 4.69) is 4.72 Å². The van der Waals surface area contributed by atoms with Crippen LogP contribution in [0.4, 0.5) is 0 Å². The summed E-state index contributed by atoms with van der Waals surface area (Å²) < 4.78 is 27.3. The smallest absolute Gasteiger partial charge is 0.241 e. The van der Waals surface area contributed by atoms with Crippen LogP contribution in [-0.2, 0) is 14.8 Å². The number of nitrogens with one attached hydrogen (secondary N) is 1. The largest absolute Gasteiger partial charge is 0.347 e. The summed E-state index contributed by atoms with van der Waals surface area (Å²) in [7, 11) is -0.456. The number of benzene rings is 1. The van der Waals surface area contributed by atoms with Gasteiger partial charge in [-0.05, 0) is 31.4 Å². The highest BCUT2D eigenvalue weighted by Gasteiger charge is 2.27. The molecule has 5 nitrogen and oxygen atoms in total. The second-order valence-corrected chi connectivity index (χ2v) is 7.56. The van der Waals surface area contributed by atoms with Crippen molar-refractivity contribution in [1.82, 2.24) is 9.62 Å². The Morgan fingerprint density at radius 2 is 1.71 bits per heavy atom. The Hall–Kier alpha value is -1.40. The monoisotopic (exact) mass is 312 g/mol. The molecule has 0 saturated carbocycles. The van der Waals surface area contributed by atoms with Crippen LogP contribution in [0, 0.1) is 12.8 Å². The normalized spacial score (nSPS) is 13.2. The number of likely N-dealkylation sites (N-methyl/N-ethyl adjacent to an activating group) is 1. The van der Waals surface area contributed by atoms with Gasteiger partial charge in [0.1, 0.15) is 6.04 Å². The number of amides is 1. The van der Waals surface area contributed by atoms with Gasteiger partial charge in [-0.2, -0.15) is 4.72 Å². The molecule has 1 atom stereocenters. The summed E-state index contributed by atoms with van der Waals surface area (Å²) in [5.74, 6) is -0.0287. The van der Waals surface area contributed by atoms with Crippen LogP contribution in [0.5, 0.6) is 0 Å². The van der Waals surface area contributed by atoms with Gasteiger partial charge in [0, 0.05) is 14.1 Å². The van der Waals surface area contributed by atoms with E-state index >= 15 is 0 Å². The lowest BCUT2D eigenvalue weighted by Gasteiger charge is -2.23. The molecule has 0 aliphatic rings. The van der Waals surface area contributed by atoms with Crippen molar-refractivity contribution < 1.29 is 13.2 Å². The van der Waals surface area contributed by atoms with Gasteiger partial charge in [-0.3, -0.25) is 4.79 Å². The minimum atomic E-state index is -3.70. The number of aryl methyl sites for hydroxylation is 1. The molecule has 0 aliphatic heterocycles. The first-order valence-electron chi connectivity index (χ1n) is 6.93. The molecule has 118 valence electrons. The third-order valence-electron chi connectivity index (χ3n) is 3.07. The molecular weight excluding hydrogens is 288 g/mol. The first kappa shape index (κ1) is 17.7. The van der Waals surface area contributed by atoms with Crippen molar-refractivity contribution in [2.75, 3.05) is 14.1 Å². The maximum absolute atomic E-state index is 12.4. The molecule has 0 heterocycles. The number of sulfonamides is 1. The zero-order valence-electron chi connectivity index (χ0n) is 13.3. The number of nitrogens with zero attached hydrogens (tertiary/aromatic N) is 1. The van der Waals surface area contributed by atoms with Gasteiger partial charge in [-0.15, -0.1) is 0 Å². The Bertz CT molecular complexity index is 577. The maximum Gasteiger partial charge on any atom is 0.241 e. The number of carbonyl (C=O) groups is 1. The summed E-state index contributed by atoms with van der Waals surface area (Å²) in [5, 5.41) is 0. The van der Waals surface area contributed by atoms with Crippen molar-refractivity contribution in [2.24, 2.45) is 5.92 Å². The fraction of sp³-hybridized carbons (Fsp3) is 0.533. The van der Waals surface area contributed by atoms with E-state index in [9.17, 15) is 13.2 Å². The molecule has 21 heavy (non-hydrogen) atoms. The predicted molar refractivity (Wildman–Crippen MR) is 83.4 cm³/mol. The Balaban J connectivity index is 3.00. The lowest BCUT2D eigenvalue weighted by atomic mass is 10.0. The molecule has 1 N–H and O–H groups in total. The van der Waals surface area contributed by atoms with Crippen LogP contribution in [0.2, 0.25) is 0 Å². The highest BCUT2D eigenvalue weighted by atomic mass is 32.2. The highest BCUT2D eigenvalue weighted by Crippen LogP contribution is 2.14. The molecule has 0 aromatic heterocycles. The van der Waals surface area contributed by atoms with Gasteiger partial charge in [0.05, 0.1) is 4.90 Å². The molecule has 1 aromatic carbocycles. The first-order valence-corrected chi connectivity index (χ1v) is 8.42. The van der Waals surface area contributed by atoms with E-state index < -0.39 is 16.1 Å². The second kappa shape index (κ2) is 7.04. The van der Waals surface area contributed by atoms with Gasteiger partial charge in [-0.25, -0.2) is 8.42 Å². The number of rotatable bonds is 6. The SMILES string of the molecule is Cc1ccc(S(=O)(=O)N[C@@H](CC(C)C)C(=O)N(C)C)cc1. The van der Waals surface area contributed by atoms with E-state index in [1.807, 2.05) is 20.8 Å². The topological polar surface area (TPSA) is 66.5 Å². The van der Waals surface area contributed by atoms with E-state index in [0.717, 1.165) is 5.56 Å². The average Bonchev–Trinajstić information content (AvgIpc) is 2.36. The van der Waals surface area contributed by atoms with Crippen LogP contribution >= 0.6 is 0 Å². The van der Waals surface area contributed by atoms with Gasteiger partial charge in [-0.1, -0.05) is 31.5 Å². The van der Waals surface area contributed by atoms with Crippen LogP contribution in [0.25, 0.3) is 0 Å². The third-order valence-corrected chi connectivity index (χ3v) is 4.56. The van der Waals surface area contributed by atoms with Crippen molar-refractivity contribution in [3.8, 4) is 0 Å².